The van der Waals surface area contributed by atoms with Crippen molar-refractivity contribution in [2.45, 2.75) is 18.8 Å². The lowest BCUT2D eigenvalue weighted by atomic mass is 9.89. The highest BCUT2D eigenvalue weighted by Crippen LogP contribution is 2.33. The largest absolute Gasteiger partial charge is 0.481 e. The summed E-state index contributed by atoms with van der Waals surface area (Å²) in [7, 11) is 0. The molecule has 0 bridgehead atoms. The number of nitrogens with zero attached hydrogens (tertiary/aromatic N) is 1. The van der Waals surface area contributed by atoms with Gasteiger partial charge in [-0.05, 0) is 30.4 Å². The number of likely N-dealkylation sites (tertiary alicyclic amines) is 1. The fraction of sp³-hybridized carbons (Fsp3) is 0.412. The van der Waals surface area contributed by atoms with Crippen LogP contribution < -0.4 is 0 Å². The van der Waals surface area contributed by atoms with Crippen LogP contribution in [0.2, 0.25) is 0 Å². The van der Waals surface area contributed by atoms with E-state index >= 15 is 0 Å². The lowest BCUT2D eigenvalue weighted by molar-refractivity contribution is -0.133. The van der Waals surface area contributed by atoms with Gasteiger partial charge in [-0.2, -0.15) is 0 Å². The van der Waals surface area contributed by atoms with Crippen LogP contribution in [0.3, 0.4) is 0 Å². The number of aromatic nitrogens is 1. The van der Waals surface area contributed by atoms with E-state index < -0.39 is 5.97 Å². The first-order chi connectivity index (χ1) is 11.1. The summed E-state index contributed by atoms with van der Waals surface area (Å²) in [6.45, 7) is 1.49. The zero-order valence-electron chi connectivity index (χ0n) is 12.8. The molecule has 2 aromatic rings. The molecule has 0 spiro atoms. The van der Waals surface area contributed by atoms with Crippen molar-refractivity contribution in [1.82, 2.24) is 9.88 Å². The van der Waals surface area contributed by atoms with E-state index in [0.29, 0.717) is 5.92 Å². The molecular formula is C17H20N2O3S. The Bertz CT molecular complexity index is 705. The summed E-state index contributed by atoms with van der Waals surface area (Å²) in [4.78, 5) is 27.8. The van der Waals surface area contributed by atoms with Crippen molar-refractivity contribution < 1.29 is 14.7 Å². The summed E-state index contributed by atoms with van der Waals surface area (Å²) >= 11 is 1.17. The normalized spacial score (nSPS) is 15.9. The number of carbonyl (C=O) groups excluding carboxylic acids is 1. The topological polar surface area (TPSA) is 73.4 Å². The van der Waals surface area contributed by atoms with Crippen LogP contribution in [0, 0.1) is 0 Å². The number of carboxylic acid groups (broad SMARTS) is 1. The van der Waals surface area contributed by atoms with Crippen molar-refractivity contribution in [3.05, 3.63) is 36.0 Å². The van der Waals surface area contributed by atoms with Gasteiger partial charge in [0, 0.05) is 30.2 Å². The van der Waals surface area contributed by atoms with Gasteiger partial charge in [0.15, 0.2) is 0 Å². The molecule has 0 radical (unpaired) electrons. The van der Waals surface area contributed by atoms with Crippen molar-refractivity contribution >= 4 is 34.5 Å². The van der Waals surface area contributed by atoms with Gasteiger partial charge in [0.25, 0.3) is 0 Å². The number of fused-ring (bicyclic) bond motifs is 1. The quantitative estimate of drug-likeness (QED) is 0.883. The van der Waals surface area contributed by atoms with Crippen LogP contribution in [0.5, 0.6) is 0 Å². The second-order valence-electron chi connectivity index (χ2n) is 5.83. The molecule has 1 aromatic heterocycles. The number of nitrogens with one attached hydrogen (secondary N) is 1. The molecule has 1 aliphatic rings. The molecule has 2 heterocycles. The Morgan fingerprint density at radius 3 is 2.70 bits per heavy atom. The number of para-hydroxylation sites is 1. The van der Waals surface area contributed by atoms with Gasteiger partial charge < -0.3 is 15.0 Å². The van der Waals surface area contributed by atoms with Crippen LogP contribution in [0.1, 0.15) is 24.3 Å². The fourth-order valence-electron chi connectivity index (χ4n) is 3.19. The monoisotopic (exact) mass is 332 g/mol. The van der Waals surface area contributed by atoms with Crippen LogP contribution in [-0.2, 0) is 9.59 Å². The molecular weight excluding hydrogens is 312 g/mol. The lowest BCUT2D eigenvalue weighted by Gasteiger charge is -2.32. The molecule has 1 fully saturated rings. The average molecular weight is 332 g/mol. The first kappa shape index (κ1) is 15.9. The summed E-state index contributed by atoms with van der Waals surface area (Å²) in [5.74, 6) is -0.113. The number of H-pyrrole nitrogens is 1. The molecule has 23 heavy (non-hydrogen) atoms. The van der Waals surface area contributed by atoms with Crippen molar-refractivity contribution in [1.29, 1.82) is 0 Å². The van der Waals surface area contributed by atoms with Crippen molar-refractivity contribution in [2.24, 2.45) is 0 Å². The molecule has 3 rings (SSSR count). The van der Waals surface area contributed by atoms with Gasteiger partial charge in [0.2, 0.25) is 5.91 Å². The molecule has 6 heteroatoms. The Morgan fingerprint density at radius 1 is 1.22 bits per heavy atom. The second kappa shape index (κ2) is 7.08. The molecule has 122 valence electrons. The number of piperidine rings is 1. The molecule has 1 aromatic carbocycles. The number of benzene rings is 1. The standard InChI is InChI=1S/C17H20N2O3S/c20-16(10-23-11-17(21)22)19-7-5-12(6-8-19)14-9-18-15-4-2-1-3-13(14)15/h1-4,9,12,18H,5-8,10-11H2,(H,21,22). The van der Waals surface area contributed by atoms with Crippen molar-refractivity contribution in [3.63, 3.8) is 0 Å². The van der Waals surface area contributed by atoms with E-state index in [4.69, 9.17) is 5.11 Å². The van der Waals surface area contributed by atoms with E-state index in [-0.39, 0.29) is 17.4 Å². The van der Waals surface area contributed by atoms with E-state index in [2.05, 4.69) is 29.4 Å². The van der Waals surface area contributed by atoms with Crippen LogP contribution >= 0.6 is 11.8 Å². The fourth-order valence-corrected chi connectivity index (χ4v) is 3.82. The number of aromatic amines is 1. The highest BCUT2D eigenvalue weighted by atomic mass is 32.2. The van der Waals surface area contributed by atoms with Crippen molar-refractivity contribution in [2.75, 3.05) is 24.6 Å². The van der Waals surface area contributed by atoms with Gasteiger partial charge in [-0.1, -0.05) is 18.2 Å². The summed E-state index contributed by atoms with van der Waals surface area (Å²) in [5, 5.41) is 9.89. The summed E-state index contributed by atoms with van der Waals surface area (Å²) in [5.41, 5.74) is 2.50. The number of carboxylic acids is 1. The molecule has 1 amide bonds. The van der Waals surface area contributed by atoms with Gasteiger partial charge in [-0.15, -0.1) is 11.8 Å². The molecule has 1 saturated heterocycles. The number of amides is 1. The summed E-state index contributed by atoms with van der Waals surface area (Å²) in [6.07, 6.45) is 4.00. The van der Waals surface area contributed by atoms with Gasteiger partial charge in [-0.3, -0.25) is 9.59 Å². The minimum atomic E-state index is -0.874. The van der Waals surface area contributed by atoms with E-state index in [1.807, 2.05) is 11.0 Å². The third kappa shape index (κ3) is 3.69. The minimum absolute atomic E-state index is 0.0163. The molecule has 0 atom stereocenters. The van der Waals surface area contributed by atoms with E-state index in [0.717, 1.165) is 31.4 Å². The Kier molecular flexibility index (Phi) is 4.91. The highest BCUT2D eigenvalue weighted by Gasteiger charge is 2.25. The molecule has 0 unspecified atom stereocenters. The molecule has 1 aliphatic heterocycles. The number of hydrogen-bond donors (Lipinski definition) is 2. The minimum Gasteiger partial charge on any atom is -0.481 e. The third-order valence-corrected chi connectivity index (χ3v) is 5.26. The summed E-state index contributed by atoms with van der Waals surface area (Å²) < 4.78 is 0. The zero-order chi connectivity index (χ0) is 16.2. The first-order valence-corrected chi connectivity index (χ1v) is 8.94. The maximum Gasteiger partial charge on any atom is 0.313 e. The predicted octanol–water partition coefficient (Wildman–Crippen LogP) is 2.69. The smallest absolute Gasteiger partial charge is 0.313 e. The van der Waals surface area contributed by atoms with Gasteiger partial charge in [0.1, 0.15) is 0 Å². The number of thioether (sulfide) groups is 1. The zero-order valence-corrected chi connectivity index (χ0v) is 13.6. The number of hydrogen-bond acceptors (Lipinski definition) is 3. The Labute approximate surface area is 139 Å². The van der Waals surface area contributed by atoms with Gasteiger partial charge in [0.05, 0.1) is 11.5 Å². The Morgan fingerprint density at radius 2 is 1.96 bits per heavy atom. The van der Waals surface area contributed by atoms with Crippen LogP contribution in [0.15, 0.2) is 30.5 Å². The van der Waals surface area contributed by atoms with E-state index in [9.17, 15) is 9.59 Å². The Balaban J connectivity index is 1.56. The van der Waals surface area contributed by atoms with Crippen LogP contribution in [-0.4, -0.2) is 51.5 Å². The maximum absolute atomic E-state index is 12.1. The number of rotatable bonds is 5. The van der Waals surface area contributed by atoms with E-state index in [1.54, 1.807) is 0 Å². The molecule has 0 aliphatic carbocycles. The maximum atomic E-state index is 12.1. The highest BCUT2D eigenvalue weighted by molar-refractivity contribution is 8.00. The lowest BCUT2D eigenvalue weighted by Crippen LogP contribution is -2.39. The van der Waals surface area contributed by atoms with Gasteiger partial charge >= 0.3 is 5.97 Å². The van der Waals surface area contributed by atoms with Gasteiger partial charge in [-0.25, -0.2) is 0 Å². The van der Waals surface area contributed by atoms with Crippen molar-refractivity contribution in [3.8, 4) is 0 Å². The van der Waals surface area contributed by atoms with E-state index in [1.165, 1.54) is 22.7 Å². The van der Waals surface area contributed by atoms with Crippen LogP contribution in [0.4, 0.5) is 0 Å². The SMILES string of the molecule is O=C(O)CSCC(=O)N1CCC(c2c[nH]c3ccccc23)CC1. The van der Waals surface area contributed by atoms with Crippen LogP contribution in [0.25, 0.3) is 10.9 Å². The second-order valence-corrected chi connectivity index (χ2v) is 6.82. The number of carbonyl (C=O) groups is 2. The third-order valence-electron chi connectivity index (χ3n) is 4.36. The average Bonchev–Trinajstić information content (AvgIpc) is 2.98. The molecule has 2 N–H and O–H groups in total. The predicted molar refractivity (Wildman–Crippen MR) is 91.8 cm³/mol. The first-order valence-electron chi connectivity index (χ1n) is 7.78. The summed E-state index contributed by atoms with van der Waals surface area (Å²) in [6, 6.07) is 8.30. The number of aliphatic carboxylic acids is 1. The molecule has 0 saturated carbocycles. The molecule has 5 nitrogen and oxygen atoms in total. The Hall–Kier alpha value is -1.95.